The van der Waals surface area contributed by atoms with Crippen LogP contribution in [0.4, 0.5) is 0 Å². The van der Waals surface area contributed by atoms with Crippen molar-refractivity contribution in [2.75, 3.05) is 20.8 Å². The van der Waals surface area contributed by atoms with Crippen molar-refractivity contribution in [2.24, 2.45) is 5.73 Å². The van der Waals surface area contributed by atoms with E-state index in [4.69, 9.17) is 29.1 Å². The van der Waals surface area contributed by atoms with Crippen molar-refractivity contribution in [3.8, 4) is 28.4 Å². The summed E-state index contributed by atoms with van der Waals surface area (Å²) in [6.45, 7) is 2.74. The molecule has 4 aromatic rings. The Labute approximate surface area is 204 Å². The molecule has 0 aliphatic rings. The Hall–Kier alpha value is -3.97. The topological polar surface area (TPSA) is 93.2 Å². The molecule has 0 aliphatic carbocycles. The lowest BCUT2D eigenvalue weighted by Crippen LogP contribution is -2.09. The summed E-state index contributed by atoms with van der Waals surface area (Å²) < 4.78 is 28.4. The van der Waals surface area contributed by atoms with Crippen molar-refractivity contribution in [2.45, 2.75) is 26.5 Å². The Bertz CT molecular complexity index is 1330. The normalized spacial score (nSPS) is 10.9. The van der Waals surface area contributed by atoms with Crippen LogP contribution in [0.2, 0.25) is 0 Å². The lowest BCUT2D eigenvalue weighted by atomic mass is 9.98. The highest BCUT2D eigenvalue weighted by Crippen LogP contribution is 2.40. The Morgan fingerprint density at radius 1 is 0.943 bits per heavy atom. The van der Waals surface area contributed by atoms with E-state index in [2.05, 4.69) is 0 Å². The molecule has 0 bridgehead atoms. The second kappa shape index (κ2) is 11.0. The van der Waals surface area contributed by atoms with Gasteiger partial charge in [0.15, 0.2) is 11.3 Å². The van der Waals surface area contributed by atoms with Gasteiger partial charge in [-0.1, -0.05) is 36.4 Å². The highest BCUT2D eigenvalue weighted by Gasteiger charge is 2.18. The van der Waals surface area contributed by atoms with Crippen molar-refractivity contribution in [1.29, 1.82) is 0 Å². The Morgan fingerprint density at radius 2 is 1.74 bits per heavy atom. The first kappa shape index (κ1) is 24.2. The van der Waals surface area contributed by atoms with E-state index in [1.165, 1.54) is 0 Å². The van der Waals surface area contributed by atoms with Crippen LogP contribution in [0, 0.1) is 0 Å². The summed E-state index contributed by atoms with van der Waals surface area (Å²) in [5.74, 6) is 1.66. The number of furan rings is 1. The first-order valence-corrected chi connectivity index (χ1v) is 11.4. The smallest absolute Gasteiger partial charge is 0.310 e. The molecule has 0 saturated carbocycles. The molecule has 0 radical (unpaired) electrons. The number of para-hydroxylation sites is 2. The zero-order valence-corrected chi connectivity index (χ0v) is 20.1. The van der Waals surface area contributed by atoms with Crippen LogP contribution in [0.1, 0.15) is 23.6 Å². The first-order chi connectivity index (χ1) is 17.1. The van der Waals surface area contributed by atoms with E-state index in [1.54, 1.807) is 27.4 Å². The fourth-order valence-electron chi connectivity index (χ4n) is 4.10. The van der Waals surface area contributed by atoms with Gasteiger partial charge < -0.3 is 29.1 Å². The van der Waals surface area contributed by atoms with Gasteiger partial charge in [0, 0.05) is 34.2 Å². The third-order valence-electron chi connectivity index (χ3n) is 5.77. The third-order valence-corrected chi connectivity index (χ3v) is 5.77. The van der Waals surface area contributed by atoms with Crippen LogP contribution < -0.4 is 19.9 Å². The number of hydrogen-bond acceptors (Lipinski definition) is 7. The van der Waals surface area contributed by atoms with Crippen LogP contribution in [-0.4, -0.2) is 26.8 Å². The monoisotopic (exact) mass is 475 g/mol. The van der Waals surface area contributed by atoms with Crippen molar-refractivity contribution >= 4 is 16.9 Å². The highest BCUT2D eigenvalue weighted by molar-refractivity contribution is 5.92. The van der Waals surface area contributed by atoms with E-state index < -0.39 is 0 Å². The minimum absolute atomic E-state index is 0.144. The van der Waals surface area contributed by atoms with Gasteiger partial charge in [-0.25, -0.2) is 0 Å². The number of esters is 1. The molecular weight excluding hydrogens is 446 g/mol. The van der Waals surface area contributed by atoms with Crippen LogP contribution in [0.3, 0.4) is 0 Å². The molecule has 0 saturated heterocycles. The number of carbonyl (C=O) groups is 1. The average Bonchev–Trinajstić information content (AvgIpc) is 3.30. The van der Waals surface area contributed by atoms with E-state index in [0.29, 0.717) is 30.2 Å². The van der Waals surface area contributed by atoms with Crippen molar-refractivity contribution in [3.05, 3.63) is 77.6 Å². The molecular formula is C28H29NO6. The fourth-order valence-corrected chi connectivity index (χ4v) is 4.10. The van der Waals surface area contributed by atoms with Crippen molar-refractivity contribution in [3.63, 3.8) is 0 Å². The molecule has 7 nitrogen and oxygen atoms in total. The molecule has 2 N–H and O–H groups in total. The maximum absolute atomic E-state index is 12.0. The molecule has 0 spiro atoms. The van der Waals surface area contributed by atoms with Crippen molar-refractivity contribution < 1.29 is 28.2 Å². The second-order valence-corrected chi connectivity index (χ2v) is 7.90. The van der Waals surface area contributed by atoms with Gasteiger partial charge in [0.05, 0.1) is 33.5 Å². The first-order valence-electron chi connectivity index (χ1n) is 11.4. The Kier molecular flexibility index (Phi) is 7.57. The Balaban J connectivity index is 1.69. The zero-order valence-electron chi connectivity index (χ0n) is 20.1. The summed E-state index contributed by atoms with van der Waals surface area (Å²) in [5, 5.41) is 0.863. The highest BCUT2D eigenvalue weighted by atomic mass is 16.5. The molecule has 0 amide bonds. The van der Waals surface area contributed by atoms with Gasteiger partial charge in [0.1, 0.15) is 18.1 Å². The number of rotatable bonds is 10. The summed E-state index contributed by atoms with van der Waals surface area (Å²) in [7, 11) is 3.25. The maximum atomic E-state index is 12.0. The molecule has 1 heterocycles. The number of fused-ring (bicyclic) bond motifs is 1. The summed E-state index contributed by atoms with van der Waals surface area (Å²) in [6.07, 6.45) is 1.81. The molecule has 7 heteroatoms. The van der Waals surface area contributed by atoms with Crippen LogP contribution in [-0.2, 0) is 29.1 Å². The van der Waals surface area contributed by atoms with Gasteiger partial charge in [0.2, 0.25) is 0 Å². The van der Waals surface area contributed by atoms with Gasteiger partial charge in [-0.3, -0.25) is 4.79 Å². The lowest BCUT2D eigenvalue weighted by molar-refractivity contribution is -0.142. The number of hydrogen-bond donors (Lipinski definition) is 1. The van der Waals surface area contributed by atoms with Crippen molar-refractivity contribution in [1.82, 2.24) is 0 Å². The average molecular weight is 476 g/mol. The Morgan fingerprint density at radius 3 is 2.49 bits per heavy atom. The molecule has 0 fully saturated rings. The quantitative estimate of drug-likeness (QED) is 0.313. The lowest BCUT2D eigenvalue weighted by Gasteiger charge is -2.14. The molecule has 0 unspecified atom stereocenters. The summed E-state index contributed by atoms with van der Waals surface area (Å²) in [4.78, 5) is 12.0. The van der Waals surface area contributed by atoms with E-state index in [1.807, 2.05) is 54.6 Å². The fraction of sp³-hybridized carbons (Fsp3) is 0.250. The summed E-state index contributed by atoms with van der Waals surface area (Å²) >= 11 is 0. The van der Waals surface area contributed by atoms with Gasteiger partial charge in [-0.2, -0.15) is 0 Å². The number of carbonyl (C=O) groups excluding carboxylic acids is 1. The van der Waals surface area contributed by atoms with E-state index >= 15 is 0 Å². The number of benzene rings is 3. The van der Waals surface area contributed by atoms with E-state index in [9.17, 15) is 4.79 Å². The number of ether oxygens (including phenoxy) is 4. The summed E-state index contributed by atoms with van der Waals surface area (Å²) in [5.41, 5.74) is 10.9. The van der Waals surface area contributed by atoms with Gasteiger partial charge in [-0.05, 0) is 30.7 Å². The minimum atomic E-state index is -0.291. The number of nitrogens with two attached hydrogens (primary N) is 1. The van der Waals surface area contributed by atoms with Gasteiger partial charge >= 0.3 is 5.97 Å². The molecule has 182 valence electrons. The minimum Gasteiger partial charge on any atom is -0.496 e. The third kappa shape index (κ3) is 5.10. The van der Waals surface area contributed by atoms with Crippen LogP contribution in [0.25, 0.3) is 22.1 Å². The zero-order chi connectivity index (χ0) is 24.8. The van der Waals surface area contributed by atoms with Crippen LogP contribution >= 0.6 is 0 Å². The van der Waals surface area contributed by atoms with Gasteiger partial charge in [-0.15, -0.1) is 0 Å². The van der Waals surface area contributed by atoms with Crippen LogP contribution in [0.15, 0.2) is 65.3 Å². The predicted octanol–water partition coefficient (Wildman–Crippen LogP) is 5.26. The molecule has 0 atom stereocenters. The SMILES string of the molecule is CCOC(=O)Cc1ccccc1OCc1coc2c(OC)cc(-c3cccc(CN)c3OC)cc12. The number of methoxy groups -OCH3 is 2. The molecule has 35 heavy (non-hydrogen) atoms. The molecule has 4 rings (SSSR count). The van der Waals surface area contributed by atoms with Crippen LogP contribution in [0.5, 0.6) is 17.2 Å². The standard InChI is InChI=1S/C28H29NO6/c1-4-33-26(30)14-18-8-5-6-11-24(18)34-16-21-17-35-28-23(21)12-20(13-25(28)31-2)22-10-7-9-19(15-29)27(22)32-3/h5-13,17H,4,14-16,29H2,1-3H3. The second-order valence-electron chi connectivity index (χ2n) is 7.90. The summed E-state index contributed by atoms with van der Waals surface area (Å²) in [6, 6.07) is 17.3. The van der Waals surface area contributed by atoms with E-state index in [-0.39, 0.29) is 19.0 Å². The van der Waals surface area contributed by atoms with E-state index in [0.717, 1.165) is 39.0 Å². The van der Waals surface area contributed by atoms with Gasteiger partial charge in [0.25, 0.3) is 0 Å². The molecule has 3 aromatic carbocycles. The largest absolute Gasteiger partial charge is 0.496 e. The predicted molar refractivity (Wildman–Crippen MR) is 134 cm³/mol. The molecule has 0 aliphatic heterocycles. The molecule has 1 aromatic heterocycles. The maximum Gasteiger partial charge on any atom is 0.310 e.